The molecule has 0 aliphatic carbocycles. The summed E-state index contributed by atoms with van der Waals surface area (Å²) in [5.74, 6) is 0. The monoisotopic (exact) mass is 183 g/mol. The Bertz CT molecular complexity index is 457. The molecule has 0 amide bonds. The minimum Gasteiger partial charge on any atom is -0.232 e. The van der Waals surface area contributed by atoms with Crippen LogP contribution in [0.25, 0.3) is 16.8 Å². The van der Waals surface area contributed by atoms with Gasteiger partial charge in [0.15, 0.2) is 0 Å². The van der Waals surface area contributed by atoms with Crippen molar-refractivity contribution in [3.8, 4) is 0 Å². The van der Waals surface area contributed by atoms with Crippen LogP contribution in [0.5, 0.6) is 0 Å². The van der Waals surface area contributed by atoms with Crippen molar-refractivity contribution in [2.24, 2.45) is 0 Å². The fourth-order valence-electron chi connectivity index (χ4n) is 1.50. The van der Waals surface area contributed by atoms with E-state index in [2.05, 4.69) is 24.3 Å². The van der Waals surface area contributed by atoms with Gasteiger partial charge in [0.05, 0.1) is 0 Å². The number of hydrogen-bond donors (Lipinski definition) is 0. The summed E-state index contributed by atoms with van der Waals surface area (Å²) < 4.78 is 0. The van der Waals surface area contributed by atoms with Crippen molar-refractivity contribution in [3.63, 3.8) is 0 Å². The number of hydrogen-bond acceptors (Lipinski definition) is 0. The zero-order valence-electron chi connectivity index (χ0n) is 7.81. The van der Waals surface area contributed by atoms with Gasteiger partial charge in [0.1, 0.15) is 6.61 Å². The van der Waals surface area contributed by atoms with E-state index in [4.69, 9.17) is 0 Å². The van der Waals surface area contributed by atoms with Crippen LogP contribution in [-0.4, -0.2) is 6.61 Å². The van der Waals surface area contributed by atoms with Gasteiger partial charge in [0.25, 0.3) is 0 Å². The van der Waals surface area contributed by atoms with E-state index in [1.807, 2.05) is 24.3 Å². The lowest BCUT2D eigenvalue weighted by Crippen LogP contribution is -1.75. The molecular weight excluding hydrogens is 172 g/mol. The van der Waals surface area contributed by atoms with Gasteiger partial charge in [-0.3, -0.25) is 0 Å². The molecular formula is C13H11O. The molecule has 0 heterocycles. The summed E-state index contributed by atoms with van der Waals surface area (Å²) in [7, 11) is 0. The maximum Gasteiger partial charge on any atom is 0.101 e. The van der Waals surface area contributed by atoms with Crippen LogP contribution in [0.1, 0.15) is 5.56 Å². The Morgan fingerprint density at radius 2 is 1.79 bits per heavy atom. The Kier molecular flexibility index (Phi) is 2.61. The number of fused-ring (bicyclic) bond motifs is 1. The second-order valence-corrected chi connectivity index (χ2v) is 3.18. The first kappa shape index (κ1) is 8.97. The van der Waals surface area contributed by atoms with Crippen molar-refractivity contribution in [1.29, 1.82) is 0 Å². The Morgan fingerprint density at radius 1 is 1.00 bits per heavy atom. The maximum absolute atomic E-state index is 10.3. The summed E-state index contributed by atoms with van der Waals surface area (Å²) in [5.41, 5.74) is 1.08. The van der Waals surface area contributed by atoms with Crippen LogP contribution in [0, 0.1) is 0 Å². The fourth-order valence-corrected chi connectivity index (χ4v) is 1.50. The summed E-state index contributed by atoms with van der Waals surface area (Å²) in [6.45, 7) is -0.160. The lowest BCUT2D eigenvalue weighted by Gasteiger charge is -1.98. The first-order valence-electron chi connectivity index (χ1n) is 4.63. The molecule has 69 valence electrons. The van der Waals surface area contributed by atoms with Gasteiger partial charge in [-0.2, -0.15) is 0 Å². The topological polar surface area (TPSA) is 19.9 Å². The molecule has 0 aliphatic heterocycles. The van der Waals surface area contributed by atoms with Crippen LogP contribution >= 0.6 is 0 Å². The SMILES string of the molecule is [O]CC=Cc1ccc2ccccc2c1. The zero-order valence-corrected chi connectivity index (χ0v) is 7.81. The van der Waals surface area contributed by atoms with E-state index in [0.29, 0.717) is 0 Å². The molecule has 0 aromatic heterocycles. The lowest BCUT2D eigenvalue weighted by molar-refractivity contribution is 0.233. The van der Waals surface area contributed by atoms with Crippen molar-refractivity contribution in [1.82, 2.24) is 0 Å². The van der Waals surface area contributed by atoms with Gasteiger partial charge in [-0.1, -0.05) is 48.6 Å². The molecule has 14 heavy (non-hydrogen) atoms. The molecule has 1 nitrogen and oxygen atoms in total. The van der Waals surface area contributed by atoms with Crippen LogP contribution < -0.4 is 0 Å². The molecule has 0 fully saturated rings. The summed E-state index contributed by atoms with van der Waals surface area (Å²) in [6.07, 6.45) is 3.49. The lowest BCUT2D eigenvalue weighted by atomic mass is 10.1. The third-order valence-electron chi connectivity index (χ3n) is 2.18. The highest BCUT2D eigenvalue weighted by Crippen LogP contribution is 2.16. The van der Waals surface area contributed by atoms with Gasteiger partial charge < -0.3 is 0 Å². The second kappa shape index (κ2) is 4.07. The Balaban J connectivity index is 2.46. The third-order valence-corrected chi connectivity index (χ3v) is 2.18. The van der Waals surface area contributed by atoms with Crippen LogP contribution in [-0.2, 0) is 5.11 Å². The van der Waals surface area contributed by atoms with Gasteiger partial charge in [-0.05, 0) is 22.4 Å². The number of rotatable bonds is 2. The molecule has 0 N–H and O–H groups in total. The van der Waals surface area contributed by atoms with Crippen molar-refractivity contribution in [2.75, 3.05) is 6.61 Å². The molecule has 2 aromatic rings. The smallest absolute Gasteiger partial charge is 0.101 e. The first-order chi connectivity index (χ1) is 6.90. The van der Waals surface area contributed by atoms with Crippen molar-refractivity contribution >= 4 is 16.8 Å². The van der Waals surface area contributed by atoms with Gasteiger partial charge in [-0.15, -0.1) is 0 Å². The van der Waals surface area contributed by atoms with Crippen molar-refractivity contribution in [3.05, 3.63) is 54.1 Å². The van der Waals surface area contributed by atoms with Crippen molar-refractivity contribution < 1.29 is 5.11 Å². The molecule has 2 aromatic carbocycles. The molecule has 0 unspecified atom stereocenters. The van der Waals surface area contributed by atoms with E-state index < -0.39 is 0 Å². The molecule has 1 radical (unpaired) electrons. The normalized spacial score (nSPS) is 11.2. The van der Waals surface area contributed by atoms with Crippen LogP contribution in [0.15, 0.2) is 48.5 Å². The fraction of sp³-hybridized carbons (Fsp3) is 0.0769. The predicted molar refractivity (Wildman–Crippen MR) is 58.5 cm³/mol. The molecule has 0 saturated carbocycles. The average molecular weight is 183 g/mol. The van der Waals surface area contributed by atoms with Crippen molar-refractivity contribution in [2.45, 2.75) is 0 Å². The quantitative estimate of drug-likeness (QED) is 0.681. The second-order valence-electron chi connectivity index (χ2n) is 3.18. The molecule has 0 bridgehead atoms. The highest BCUT2D eigenvalue weighted by atomic mass is 16.2. The van der Waals surface area contributed by atoms with E-state index >= 15 is 0 Å². The molecule has 0 aliphatic rings. The van der Waals surface area contributed by atoms with Crippen LogP contribution in [0.4, 0.5) is 0 Å². The molecule has 0 atom stereocenters. The van der Waals surface area contributed by atoms with E-state index in [9.17, 15) is 5.11 Å². The van der Waals surface area contributed by atoms with E-state index in [1.165, 1.54) is 10.8 Å². The zero-order chi connectivity index (χ0) is 9.80. The highest BCUT2D eigenvalue weighted by molar-refractivity contribution is 5.84. The molecule has 2 rings (SSSR count). The third kappa shape index (κ3) is 1.83. The Labute approximate surface area is 83.3 Å². The van der Waals surface area contributed by atoms with Gasteiger partial charge in [-0.25, -0.2) is 5.11 Å². The van der Waals surface area contributed by atoms with Gasteiger partial charge >= 0.3 is 0 Å². The summed E-state index contributed by atoms with van der Waals surface area (Å²) in [6, 6.07) is 14.4. The van der Waals surface area contributed by atoms with Crippen LogP contribution in [0.3, 0.4) is 0 Å². The predicted octanol–water partition coefficient (Wildman–Crippen LogP) is 3.28. The highest BCUT2D eigenvalue weighted by Gasteiger charge is 1.91. The summed E-state index contributed by atoms with van der Waals surface area (Å²) in [5, 5.41) is 12.7. The molecule has 0 spiro atoms. The van der Waals surface area contributed by atoms with Gasteiger partial charge in [0, 0.05) is 0 Å². The van der Waals surface area contributed by atoms with Crippen LogP contribution in [0.2, 0.25) is 0 Å². The largest absolute Gasteiger partial charge is 0.232 e. The van der Waals surface area contributed by atoms with E-state index in [1.54, 1.807) is 6.08 Å². The van der Waals surface area contributed by atoms with E-state index in [-0.39, 0.29) is 6.61 Å². The minimum atomic E-state index is -0.160. The van der Waals surface area contributed by atoms with E-state index in [0.717, 1.165) is 5.56 Å². The minimum absolute atomic E-state index is 0.160. The summed E-state index contributed by atoms with van der Waals surface area (Å²) >= 11 is 0. The maximum atomic E-state index is 10.3. The number of benzene rings is 2. The molecule has 0 saturated heterocycles. The van der Waals surface area contributed by atoms with Gasteiger partial charge in [0.2, 0.25) is 0 Å². The Morgan fingerprint density at radius 3 is 2.57 bits per heavy atom. The Hall–Kier alpha value is -1.60. The molecule has 1 heteroatoms. The first-order valence-corrected chi connectivity index (χ1v) is 4.63. The summed E-state index contributed by atoms with van der Waals surface area (Å²) in [4.78, 5) is 0. The average Bonchev–Trinajstić information content (AvgIpc) is 2.26. The standard InChI is InChI=1S/C13H11O/c14-9-3-4-11-7-8-12-5-1-2-6-13(12)10-11/h1-8,10H,9H2.